The third-order valence-corrected chi connectivity index (χ3v) is 4.03. The molecule has 2 N–H and O–H groups in total. The molecule has 3 rings (SSSR count). The van der Waals surface area contributed by atoms with Crippen LogP contribution in [-0.2, 0) is 0 Å². The molecule has 3 nitrogen and oxygen atoms in total. The zero-order chi connectivity index (χ0) is 16.2. The molecule has 2 aromatic carbocycles. The average Bonchev–Trinajstić information content (AvgIpc) is 2.55. The number of halogens is 1. The van der Waals surface area contributed by atoms with Crippen LogP contribution >= 0.6 is 0 Å². The largest absolute Gasteiger partial charge is 0.395 e. The molecule has 1 heterocycles. The molecular formula is C19H15FN2O. The third kappa shape index (κ3) is 3.10. The Morgan fingerprint density at radius 1 is 1.09 bits per heavy atom. The van der Waals surface area contributed by atoms with Crippen molar-refractivity contribution in [1.29, 1.82) is 5.26 Å². The first-order valence-corrected chi connectivity index (χ1v) is 7.36. The molecule has 0 amide bonds. The Hall–Kier alpha value is -2.66. The Balaban J connectivity index is 1.78. The van der Waals surface area contributed by atoms with Crippen molar-refractivity contribution in [3.8, 4) is 17.9 Å². The molecule has 0 aliphatic carbocycles. The predicted octanol–water partition coefficient (Wildman–Crippen LogP) is 2.17. The van der Waals surface area contributed by atoms with Crippen LogP contribution in [0.2, 0.25) is 0 Å². The second kappa shape index (κ2) is 6.62. The number of nitriles is 1. The maximum atomic E-state index is 13.5. The fraction of sp³-hybridized carbons (Fsp3) is 0.211. The minimum atomic E-state index is -0.334. The Kier molecular flexibility index (Phi) is 4.39. The van der Waals surface area contributed by atoms with Gasteiger partial charge < -0.3 is 5.11 Å². The summed E-state index contributed by atoms with van der Waals surface area (Å²) in [6, 6.07) is 15.7. The molecule has 1 saturated heterocycles. The molecule has 3 atom stereocenters. The molecule has 0 saturated carbocycles. The van der Waals surface area contributed by atoms with Crippen LogP contribution in [0, 0.1) is 29.0 Å². The monoisotopic (exact) mass is 306 g/mol. The van der Waals surface area contributed by atoms with Gasteiger partial charge in [-0.05, 0) is 29.8 Å². The number of aliphatic hydroxyl groups is 1. The molecule has 0 unspecified atom stereocenters. The van der Waals surface area contributed by atoms with Crippen LogP contribution in [0.3, 0.4) is 0 Å². The summed E-state index contributed by atoms with van der Waals surface area (Å²) >= 11 is 0. The van der Waals surface area contributed by atoms with E-state index in [2.05, 4.69) is 23.2 Å². The van der Waals surface area contributed by atoms with Gasteiger partial charge in [0.25, 0.3) is 0 Å². The molecule has 1 fully saturated rings. The van der Waals surface area contributed by atoms with E-state index in [4.69, 9.17) is 5.26 Å². The van der Waals surface area contributed by atoms with E-state index in [0.29, 0.717) is 5.56 Å². The lowest BCUT2D eigenvalue weighted by atomic mass is 9.78. The molecule has 1 aliphatic rings. The summed E-state index contributed by atoms with van der Waals surface area (Å²) in [5.74, 6) is 5.40. The molecular weight excluding hydrogens is 291 g/mol. The van der Waals surface area contributed by atoms with Crippen LogP contribution < -0.4 is 5.32 Å². The van der Waals surface area contributed by atoms with Crippen LogP contribution in [0.1, 0.15) is 22.6 Å². The van der Waals surface area contributed by atoms with Crippen LogP contribution in [-0.4, -0.2) is 23.8 Å². The van der Waals surface area contributed by atoms with Crippen LogP contribution in [0.4, 0.5) is 4.39 Å². The van der Waals surface area contributed by atoms with E-state index in [0.717, 1.165) is 11.1 Å². The van der Waals surface area contributed by atoms with Gasteiger partial charge in [-0.3, -0.25) is 5.32 Å². The van der Waals surface area contributed by atoms with E-state index >= 15 is 0 Å². The predicted molar refractivity (Wildman–Crippen MR) is 85.0 cm³/mol. The summed E-state index contributed by atoms with van der Waals surface area (Å²) in [5.41, 5.74) is 2.13. The van der Waals surface area contributed by atoms with Crippen LogP contribution in [0.25, 0.3) is 0 Å². The Morgan fingerprint density at radius 2 is 1.83 bits per heavy atom. The summed E-state index contributed by atoms with van der Waals surface area (Å²) in [5, 5.41) is 21.4. The SMILES string of the molecule is N#C[C@H]1N[C@H](CO)[C@H]1c1ccc(C#Cc2ccccc2F)cc1. The summed E-state index contributed by atoms with van der Waals surface area (Å²) < 4.78 is 13.5. The lowest BCUT2D eigenvalue weighted by Crippen LogP contribution is -2.60. The lowest BCUT2D eigenvalue weighted by Gasteiger charge is -2.41. The van der Waals surface area contributed by atoms with E-state index in [-0.39, 0.29) is 30.4 Å². The van der Waals surface area contributed by atoms with Crippen molar-refractivity contribution in [3.05, 3.63) is 71.0 Å². The first kappa shape index (κ1) is 15.2. The van der Waals surface area contributed by atoms with Gasteiger partial charge in [-0.25, -0.2) is 4.39 Å². The highest BCUT2D eigenvalue weighted by molar-refractivity contribution is 5.45. The highest BCUT2D eigenvalue weighted by atomic mass is 19.1. The number of rotatable bonds is 2. The number of nitrogens with zero attached hydrogens (tertiary/aromatic N) is 1. The maximum Gasteiger partial charge on any atom is 0.138 e. The zero-order valence-electron chi connectivity index (χ0n) is 12.3. The summed E-state index contributed by atoms with van der Waals surface area (Å²) in [6.45, 7) is -0.00229. The summed E-state index contributed by atoms with van der Waals surface area (Å²) in [7, 11) is 0. The fourth-order valence-corrected chi connectivity index (χ4v) is 2.75. The second-order valence-corrected chi connectivity index (χ2v) is 5.44. The van der Waals surface area contributed by atoms with Gasteiger partial charge in [0, 0.05) is 17.5 Å². The van der Waals surface area contributed by atoms with Gasteiger partial charge in [0.2, 0.25) is 0 Å². The average molecular weight is 306 g/mol. The van der Waals surface area contributed by atoms with E-state index in [1.54, 1.807) is 18.2 Å². The van der Waals surface area contributed by atoms with Crippen molar-refractivity contribution in [3.63, 3.8) is 0 Å². The number of benzene rings is 2. The second-order valence-electron chi connectivity index (χ2n) is 5.44. The molecule has 23 heavy (non-hydrogen) atoms. The Labute approximate surface area is 134 Å². The van der Waals surface area contributed by atoms with Gasteiger partial charge in [-0.2, -0.15) is 5.26 Å². The van der Waals surface area contributed by atoms with E-state index in [1.165, 1.54) is 6.07 Å². The first-order valence-electron chi connectivity index (χ1n) is 7.36. The molecule has 0 bridgehead atoms. The van der Waals surface area contributed by atoms with E-state index < -0.39 is 0 Å². The van der Waals surface area contributed by atoms with Gasteiger partial charge in [-0.15, -0.1) is 0 Å². The van der Waals surface area contributed by atoms with Crippen molar-refractivity contribution < 1.29 is 9.50 Å². The lowest BCUT2D eigenvalue weighted by molar-refractivity contribution is 0.151. The number of nitrogens with one attached hydrogen (secondary N) is 1. The smallest absolute Gasteiger partial charge is 0.138 e. The van der Waals surface area contributed by atoms with Gasteiger partial charge in [0.05, 0.1) is 18.2 Å². The first-order chi connectivity index (χ1) is 11.2. The third-order valence-electron chi connectivity index (χ3n) is 4.03. The van der Waals surface area contributed by atoms with Gasteiger partial charge >= 0.3 is 0 Å². The molecule has 114 valence electrons. The van der Waals surface area contributed by atoms with Gasteiger partial charge in [0.1, 0.15) is 11.9 Å². The molecule has 1 aliphatic heterocycles. The topological polar surface area (TPSA) is 56.0 Å². The highest BCUT2D eigenvalue weighted by Crippen LogP contribution is 2.31. The van der Waals surface area contributed by atoms with Crippen molar-refractivity contribution in [2.24, 2.45) is 0 Å². The highest BCUT2D eigenvalue weighted by Gasteiger charge is 2.40. The number of aliphatic hydroxyl groups excluding tert-OH is 1. The quantitative estimate of drug-likeness (QED) is 0.836. The number of hydrogen-bond acceptors (Lipinski definition) is 3. The minimum absolute atomic E-state index is 0.00229. The standard InChI is InChI=1S/C19H15FN2O/c20-16-4-2-1-3-14(16)8-5-13-6-9-15(10-7-13)19-17(11-21)22-18(19)12-23/h1-4,6-7,9-10,17-19,22-23H,12H2/t17-,18-,19+/m1/s1. The van der Waals surface area contributed by atoms with Crippen molar-refractivity contribution in [2.75, 3.05) is 6.61 Å². The molecule has 0 aromatic heterocycles. The van der Waals surface area contributed by atoms with E-state index in [1.807, 2.05) is 24.3 Å². The Bertz CT molecular complexity index is 799. The van der Waals surface area contributed by atoms with Crippen molar-refractivity contribution in [2.45, 2.75) is 18.0 Å². The van der Waals surface area contributed by atoms with Crippen molar-refractivity contribution >= 4 is 0 Å². The molecule has 0 spiro atoms. The molecule has 4 heteroatoms. The number of hydrogen-bond donors (Lipinski definition) is 2. The zero-order valence-corrected chi connectivity index (χ0v) is 12.3. The van der Waals surface area contributed by atoms with Gasteiger partial charge in [0.15, 0.2) is 0 Å². The minimum Gasteiger partial charge on any atom is -0.395 e. The van der Waals surface area contributed by atoms with E-state index in [9.17, 15) is 9.50 Å². The van der Waals surface area contributed by atoms with Crippen LogP contribution in [0.15, 0.2) is 48.5 Å². The normalized spacial score (nSPS) is 22.4. The molecule has 0 radical (unpaired) electrons. The fourth-order valence-electron chi connectivity index (χ4n) is 2.75. The molecule has 2 aromatic rings. The summed E-state index contributed by atoms with van der Waals surface area (Å²) in [6.07, 6.45) is 0. The van der Waals surface area contributed by atoms with Gasteiger partial charge in [-0.1, -0.05) is 36.1 Å². The van der Waals surface area contributed by atoms with Crippen molar-refractivity contribution in [1.82, 2.24) is 5.32 Å². The maximum absolute atomic E-state index is 13.5. The Morgan fingerprint density at radius 3 is 2.48 bits per heavy atom. The summed E-state index contributed by atoms with van der Waals surface area (Å²) in [4.78, 5) is 0. The van der Waals surface area contributed by atoms with Crippen LogP contribution in [0.5, 0.6) is 0 Å².